The van der Waals surface area contributed by atoms with Crippen LogP contribution in [-0.4, -0.2) is 12.6 Å². The number of hydrogen-bond acceptors (Lipinski definition) is 1. The highest BCUT2D eigenvalue weighted by Crippen LogP contribution is 2.35. The van der Waals surface area contributed by atoms with Crippen molar-refractivity contribution in [2.75, 3.05) is 6.61 Å². The first-order valence-electron chi connectivity index (χ1n) is 11.4. The third kappa shape index (κ3) is 10.1. The topological polar surface area (TPSA) is 9.23 Å². The van der Waals surface area contributed by atoms with E-state index in [1.165, 1.54) is 62.5 Å². The lowest BCUT2D eigenvalue weighted by atomic mass is 9.98. The Morgan fingerprint density at radius 2 is 1.40 bits per heavy atom. The van der Waals surface area contributed by atoms with Gasteiger partial charge in [-0.3, -0.25) is 0 Å². The van der Waals surface area contributed by atoms with Gasteiger partial charge in [0.25, 0.3) is 0 Å². The second-order valence-corrected chi connectivity index (χ2v) is 17.2. The molecule has 166 valence electrons. The van der Waals surface area contributed by atoms with Crippen LogP contribution in [0.25, 0.3) is 11.1 Å². The number of aryl methyl sites for hydroxylation is 1. The molecule has 0 aliphatic rings. The fraction of sp³-hybridized carbons (Fsp3) is 0.520. The predicted octanol–water partition coefficient (Wildman–Crippen LogP) is 9.46. The summed E-state index contributed by atoms with van der Waals surface area (Å²) in [5.41, 5.74) is 3.62. The Morgan fingerprint density at radius 1 is 0.733 bits per heavy atom. The van der Waals surface area contributed by atoms with E-state index in [1.54, 1.807) is 0 Å². The minimum absolute atomic E-state index is 0.579. The van der Waals surface area contributed by atoms with Crippen LogP contribution in [0.1, 0.15) is 70.3 Å². The SMILES string of the molecule is CCCCCCCCCCc1cccc(-c2ccccc2)c1OCCC[Si](Cl)(Cl)Cl. The quantitative estimate of drug-likeness (QED) is 0.139. The first-order chi connectivity index (χ1) is 14.5. The van der Waals surface area contributed by atoms with Crippen molar-refractivity contribution in [3.05, 3.63) is 54.1 Å². The summed E-state index contributed by atoms with van der Waals surface area (Å²) in [6.45, 7) is 2.85. The molecule has 2 rings (SSSR count). The van der Waals surface area contributed by atoms with Crippen molar-refractivity contribution in [1.29, 1.82) is 0 Å². The van der Waals surface area contributed by atoms with Crippen LogP contribution in [0.4, 0.5) is 0 Å². The van der Waals surface area contributed by atoms with Gasteiger partial charge in [0.05, 0.1) is 6.61 Å². The molecule has 0 aliphatic carbocycles. The van der Waals surface area contributed by atoms with Crippen LogP contribution in [0, 0.1) is 0 Å². The van der Waals surface area contributed by atoms with Crippen molar-refractivity contribution >= 4 is 39.2 Å². The highest BCUT2D eigenvalue weighted by molar-refractivity contribution is 7.64. The van der Waals surface area contributed by atoms with Crippen LogP contribution in [0.5, 0.6) is 5.75 Å². The number of hydrogen-bond donors (Lipinski definition) is 0. The summed E-state index contributed by atoms with van der Waals surface area (Å²) in [5.74, 6) is 0.998. The van der Waals surface area contributed by atoms with Crippen LogP contribution in [0.15, 0.2) is 48.5 Å². The molecule has 0 bridgehead atoms. The Kier molecular flexibility index (Phi) is 12.3. The van der Waals surface area contributed by atoms with E-state index in [9.17, 15) is 0 Å². The molecule has 1 nitrogen and oxygen atoms in total. The van der Waals surface area contributed by atoms with Gasteiger partial charge < -0.3 is 4.74 Å². The molecule has 0 saturated heterocycles. The maximum absolute atomic E-state index is 6.29. The van der Waals surface area contributed by atoms with Gasteiger partial charge in [-0.1, -0.05) is 100 Å². The Hall–Kier alpha value is -0.673. The molecule has 2 aromatic rings. The second-order valence-electron chi connectivity index (χ2n) is 7.95. The summed E-state index contributed by atoms with van der Waals surface area (Å²) in [7, 11) is 0. The molecule has 0 atom stereocenters. The van der Waals surface area contributed by atoms with Gasteiger partial charge in [-0.25, -0.2) is 0 Å². The molecular weight excluding hydrogens is 451 g/mol. The van der Waals surface area contributed by atoms with E-state index < -0.39 is 6.00 Å². The van der Waals surface area contributed by atoms with E-state index in [1.807, 2.05) is 6.07 Å². The molecule has 2 aromatic carbocycles. The molecule has 0 fully saturated rings. The zero-order chi connectivity index (χ0) is 21.7. The lowest BCUT2D eigenvalue weighted by Gasteiger charge is -2.17. The Morgan fingerprint density at radius 3 is 2.07 bits per heavy atom. The van der Waals surface area contributed by atoms with Crippen LogP contribution in [-0.2, 0) is 6.42 Å². The molecule has 0 unspecified atom stereocenters. The maximum atomic E-state index is 6.29. The first-order valence-corrected chi connectivity index (χ1v) is 16.6. The van der Waals surface area contributed by atoms with Crippen molar-refractivity contribution in [2.24, 2.45) is 0 Å². The lowest BCUT2D eigenvalue weighted by molar-refractivity contribution is 0.315. The fourth-order valence-electron chi connectivity index (χ4n) is 3.69. The second kappa shape index (κ2) is 14.4. The first kappa shape index (κ1) is 25.6. The highest BCUT2D eigenvalue weighted by Gasteiger charge is 2.24. The molecule has 0 amide bonds. The van der Waals surface area contributed by atoms with E-state index in [4.69, 9.17) is 38.0 Å². The number of halogens is 3. The molecule has 0 heterocycles. The summed E-state index contributed by atoms with van der Waals surface area (Å²) in [6.07, 6.45) is 12.4. The predicted molar refractivity (Wildman–Crippen MR) is 136 cm³/mol. The number of unbranched alkanes of at least 4 members (excludes halogenated alkanes) is 7. The molecule has 0 saturated carbocycles. The third-order valence-corrected chi connectivity index (χ3v) is 7.95. The van der Waals surface area contributed by atoms with Gasteiger partial charge in [0.2, 0.25) is 0 Å². The fourth-order valence-corrected chi connectivity index (χ4v) is 5.44. The van der Waals surface area contributed by atoms with E-state index in [2.05, 4.69) is 49.4 Å². The maximum Gasteiger partial charge on any atom is 0.341 e. The number of rotatable bonds is 15. The molecule has 0 spiro atoms. The van der Waals surface area contributed by atoms with Crippen molar-refractivity contribution < 1.29 is 4.74 Å². The van der Waals surface area contributed by atoms with Gasteiger partial charge in [0.15, 0.2) is 0 Å². The zero-order valence-electron chi connectivity index (χ0n) is 18.1. The van der Waals surface area contributed by atoms with Crippen LogP contribution < -0.4 is 4.74 Å². The van der Waals surface area contributed by atoms with Crippen LogP contribution >= 0.6 is 33.2 Å². The van der Waals surface area contributed by atoms with Crippen LogP contribution in [0.2, 0.25) is 6.04 Å². The van der Waals surface area contributed by atoms with Gasteiger partial charge in [-0.15, -0.1) is 33.2 Å². The normalized spacial score (nSPS) is 11.6. The molecule has 0 N–H and O–H groups in total. The lowest BCUT2D eigenvalue weighted by Crippen LogP contribution is -2.11. The van der Waals surface area contributed by atoms with E-state index >= 15 is 0 Å². The van der Waals surface area contributed by atoms with Gasteiger partial charge >= 0.3 is 6.00 Å². The van der Waals surface area contributed by atoms with Gasteiger partial charge in [-0.05, 0) is 36.4 Å². The average Bonchev–Trinajstić information content (AvgIpc) is 2.73. The van der Waals surface area contributed by atoms with E-state index in [-0.39, 0.29) is 0 Å². The monoisotopic (exact) mass is 484 g/mol. The number of benzene rings is 2. The van der Waals surface area contributed by atoms with Crippen molar-refractivity contribution in [1.82, 2.24) is 0 Å². The summed E-state index contributed by atoms with van der Waals surface area (Å²) in [5, 5.41) is 0. The van der Waals surface area contributed by atoms with Crippen molar-refractivity contribution in [3.8, 4) is 16.9 Å². The number of para-hydroxylation sites is 1. The standard InChI is InChI=1S/C25H35Cl3OSi/c1-2-3-4-5-6-7-8-10-17-23-18-13-19-24(22-15-11-9-12-16-22)25(23)29-20-14-21-30(26,27)28/h9,11-13,15-16,18-19H,2-8,10,14,17,20-21H2,1H3. The van der Waals surface area contributed by atoms with Gasteiger partial charge in [-0.2, -0.15) is 0 Å². The Bertz CT molecular complexity index is 716. The minimum atomic E-state index is -2.59. The Balaban J connectivity index is 1.97. The molecule has 0 radical (unpaired) electrons. The van der Waals surface area contributed by atoms with E-state index in [0.29, 0.717) is 12.7 Å². The summed E-state index contributed by atoms with van der Waals surface area (Å²) >= 11 is 18.1. The molecule has 0 aliphatic heterocycles. The highest BCUT2D eigenvalue weighted by atomic mass is 35.8. The summed E-state index contributed by atoms with van der Waals surface area (Å²) in [6, 6.07) is 15.0. The summed E-state index contributed by atoms with van der Waals surface area (Å²) in [4.78, 5) is 0. The van der Waals surface area contributed by atoms with Crippen LogP contribution in [0.3, 0.4) is 0 Å². The molecular formula is C25H35Cl3OSi. The smallest absolute Gasteiger partial charge is 0.341 e. The molecule has 5 heteroatoms. The summed E-state index contributed by atoms with van der Waals surface area (Å²) < 4.78 is 6.29. The Labute approximate surface area is 198 Å². The van der Waals surface area contributed by atoms with Crippen molar-refractivity contribution in [3.63, 3.8) is 0 Å². The van der Waals surface area contributed by atoms with E-state index in [0.717, 1.165) is 24.2 Å². The molecule has 0 aromatic heterocycles. The number of ether oxygens (including phenoxy) is 1. The largest absolute Gasteiger partial charge is 0.493 e. The third-order valence-electron chi connectivity index (χ3n) is 5.33. The average molecular weight is 486 g/mol. The molecule has 30 heavy (non-hydrogen) atoms. The van der Waals surface area contributed by atoms with Gasteiger partial charge in [0.1, 0.15) is 5.75 Å². The van der Waals surface area contributed by atoms with Crippen molar-refractivity contribution in [2.45, 2.75) is 77.2 Å². The minimum Gasteiger partial charge on any atom is -0.493 e. The van der Waals surface area contributed by atoms with Gasteiger partial charge in [0, 0.05) is 5.56 Å². The zero-order valence-corrected chi connectivity index (χ0v) is 21.4.